The van der Waals surface area contributed by atoms with Crippen molar-refractivity contribution >= 4 is 11.9 Å². The number of hydrogen-bond donors (Lipinski definition) is 0. The van der Waals surface area contributed by atoms with Gasteiger partial charge in [-0.3, -0.25) is 0 Å². The first-order chi connectivity index (χ1) is 3.46. The van der Waals surface area contributed by atoms with Gasteiger partial charge in [0.2, 0.25) is 0 Å². The molecule has 63 valence electrons. The van der Waals surface area contributed by atoms with Crippen molar-refractivity contribution in [2.24, 2.45) is 0 Å². The standard InChI is InChI=1S/C2H4O2.C2H3O2.Mn.Ni/c2*1-2(3)4;;/h1H3,(H,3,4);1H2,(H,3,4);;/q;-1;+2;/p-2. The van der Waals surface area contributed by atoms with Crippen molar-refractivity contribution in [3.63, 3.8) is 0 Å². The van der Waals surface area contributed by atoms with E-state index in [4.69, 9.17) is 19.8 Å². The number of carbonyl (C=O) groups excluding carboxylic acids is 2. The van der Waals surface area contributed by atoms with Gasteiger partial charge in [0.05, 0.1) is 0 Å². The van der Waals surface area contributed by atoms with Crippen molar-refractivity contribution in [1.82, 2.24) is 0 Å². The molecule has 0 saturated carbocycles. The second-order valence-electron chi connectivity index (χ2n) is 0.864. The number of rotatable bonds is 0. The second kappa shape index (κ2) is 15.9. The smallest absolute Gasteiger partial charge is 0.584 e. The topological polar surface area (TPSA) is 80.3 Å². The number of carboxylic acid groups (broad SMARTS) is 2. The summed E-state index contributed by atoms with van der Waals surface area (Å²) in [7, 11) is 0. The van der Waals surface area contributed by atoms with Gasteiger partial charge in [-0.25, -0.2) is 0 Å². The van der Waals surface area contributed by atoms with Gasteiger partial charge in [0.1, 0.15) is 0 Å². The Balaban J connectivity index is -0.0000000300. The SMILES string of the molecule is CC(=O)[O-].[CH2-]C(=O)[O-].[Mn+2].[Ni]. The molecule has 0 fully saturated rings. The third-order valence-electron chi connectivity index (χ3n) is 0. The second-order valence-corrected chi connectivity index (χ2v) is 0.864. The van der Waals surface area contributed by atoms with Crippen LogP contribution in [0.3, 0.4) is 0 Å². The van der Waals surface area contributed by atoms with Gasteiger partial charge in [0.15, 0.2) is 0 Å². The molecular formula is C4H5MnNiO4-. The zero-order valence-corrected chi connectivity index (χ0v) is 7.20. The van der Waals surface area contributed by atoms with Crippen LogP contribution in [0.15, 0.2) is 0 Å². The maximum absolute atomic E-state index is 8.89. The predicted octanol–water partition coefficient (Wildman–Crippen LogP) is -2.68. The quantitative estimate of drug-likeness (QED) is 0.336. The molecule has 0 unspecified atom stereocenters. The van der Waals surface area contributed by atoms with E-state index in [2.05, 4.69) is 6.92 Å². The van der Waals surface area contributed by atoms with Crippen molar-refractivity contribution in [2.75, 3.05) is 0 Å². The van der Waals surface area contributed by atoms with E-state index in [-0.39, 0.29) is 33.6 Å². The Bertz CT molecular complexity index is 75.3. The molecule has 0 aliphatic rings. The molecule has 6 heteroatoms. The average molecular weight is 231 g/mol. The molecule has 0 aliphatic carbocycles. The van der Waals surface area contributed by atoms with E-state index in [1.807, 2.05) is 0 Å². The molecule has 0 bridgehead atoms. The van der Waals surface area contributed by atoms with E-state index in [0.717, 1.165) is 6.92 Å². The zero-order valence-electron chi connectivity index (χ0n) is 5.03. The van der Waals surface area contributed by atoms with Crippen molar-refractivity contribution in [2.45, 2.75) is 6.92 Å². The minimum Gasteiger partial charge on any atom is -0.584 e. The molecule has 0 spiro atoms. The van der Waals surface area contributed by atoms with E-state index in [9.17, 15) is 0 Å². The van der Waals surface area contributed by atoms with Crippen molar-refractivity contribution in [3.8, 4) is 0 Å². The normalized spacial score (nSPS) is 4.90. The first-order valence-electron chi connectivity index (χ1n) is 1.67. The fourth-order valence-electron chi connectivity index (χ4n) is 0. The summed E-state index contributed by atoms with van der Waals surface area (Å²) in [6.07, 6.45) is 0. The molecule has 0 saturated heterocycles. The minimum atomic E-state index is -1.33. The van der Waals surface area contributed by atoms with Crippen LogP contribution < -0.4 is 10.2 Å². The van der Waals surface area contributed by atoms with Crippen LogP contribution in [-0.4, -0.2) is 11.9 Å². The first kappa shape index (κ1) is 22.6. The Labute approximate surface area is 79.4 Å². The molecule has 4 nitrogen and oxygen atoms in total. The molecule has 0 rings (SSSR count). The van der Waals surface area contributed by atoms with Crippen molar-refractivity contribution in [3.05, 3.63) is 6.92 Å². The summed E-state index contributed by atoms with van der Waals surface area (Å²) >= 11 is 0. The van der Waals surface area contributed by atoms with E-state index in [0.29, 0.717) is 0 Å². The Morgan fingerprint density at radius 2 is 1.30 bits per heavy atom. The number of carbonyl (C=O) groups is 2. The van der Waals surface area contributed by atoms with Crippen molar-refractivity contribution < 1.29 is 53.4 Å². The maximum Gasteiger partial charge on any atom is 2.00 e. The molecular weight excluding hydrogens is 226 g/mol. The van der Waals surface area contributed by atoms with Crippen LogP contribution in [0, 0.1) is 6.92 Å². The predicted molar refractivity (Wildman–Crippen MR) is 21.0 cm³/mol. The van der Waals surface area contributed by atoms with Gasteiger partial charge in [-0.2, -0.15) is 0 Å². The van der Waals surface area contributed by atoms with Crippen LogP contribution >= 0.6 is 0 Å². The van der Waals surface area contributed by atoms with Gasteiger partial charge in [0.25, 0.3) is 0 Å². The molecule has 10 heavy (non-hydrogen) atoms. The average Bonchev–Trinajstić information content (AvgIpc) is 1.25. The minimum absolute atomic E-state index is 0. The van der Waals surface area contributed by atoms with Crippen LogP contribution in [0.25, 0.3) is 0 Å². The summed E-state index contributed by atoms with van der Waals surface area (Å²) in [5.41, 5.74) is 0. The third-order valence-corrected chi connectivity index (χ3v) is 0. The Morgan fingerprint density at radius 1 is 1.30 bits per heavy atom. The molecule has 0 aromatic carbocycles. The van der Waals surface area contributed by atoms with Gasteiger partial charge in [-0.1, -0.05) is 0 Å². The third kappa shape index (κ3) is 11600. The summed E-state index contributed by atoms with van der Waals surface area (Å²) in [5.74, 6) is -2.42. The molecule has 0 N–H and O–H groups in total. The molecule has 0 aromatic heterocycles. The molecule has 0 atom stereocenters. The molecule has 0 aromatic rings. The zero-order chi connectivity index (χ0) is 7.15. The molecule has 1 radical (unpaired) electrons. The van der Waals surface area contributed by atoms with Gasteiger partial charge < -0.3 is 26.7 Å². The Kier molecular flexibility index (Phi) is 35.9. The Hall–Kier alpha value is -0.177. The number of hydrogen-bond acceptors (Lipinski definition) is 4. The Morgan fingerprint density at radius 3 is 1.30 bits per heavy atom. The summed E-state index contributed by atoms with van der Waals surface area (Å²) in [6, 6.07) is 0. The molecule has 0 amide bonds. The van der Waals surface area contributed by atoms with Crippen LogP contribution in [0.2, 0.25) is 0 Å². The van der Waals surface area contributed by atoms with Gasteiger partial charge in [-0.15, -0.1) is 5.97 Å². The first-order valence-corrected chi connectivity index (χ1v) is 1.67. The van der Waals surface area contributed by atoms with Gasteiger partial charge in [-0.05, 0) is 6.92 Å². The number of aliphatic carboxylic acids is 2. The van der Waals surface area contributed by atoms with E-state index in [1.54, 1.807) is 0 Å². The summed E-state index contributed by atoms with van der Waals surface area (Å²) < 4.78 is 0. The van der Waals surface area contributed by atoms with E-state index >= 15 is 0 Å². The van der Waals surface area contributed by atoms with Crippen LogP contribution in [0.4, 0.5) is 0 Å². The van der Waals surface area contributed by atoms with Crippen LogP contribution in [-0.2, 0) is 43.1 Å². The van der Waals surface area contributed by atoms with E-state index in [1.165, 1.54) is 0 Å². The summed E-state index contributed by atoms with van der Waals surface area (Å²) in [5, 5.41) is 17.7. The van der Waals surface area contributed by atoms with Crippen LogP contribution in [0.5, 0.6) is 0 Å². The van der Waals surface area contributed by atoms with Crippen LogP contribution in [0.1, 0.15) is 6.92 Å². The summed E-state index contributed by atoms with van der Waals surface area (Å²) in [4.78, 5) is 17.7. The molecule has 0 heterocycles. The fourth-order valence-corrected chi connectivity index (χ4v) is 0. The maximum atomic E-state index is 8.89. The van der Waals surface area contributed by atoms with Gasteiger partial charge >= 0.3 is 17.1 Å². The molecule has 0 aliphatic heterocycles. The summed E-state index contributed by atoms with van der Waals surface area (Å²) in [6.45, 7) is 3.42. The largest absolute Gasteiger partial charge is 2.00 e. The van der Waals surface area contributed by atoms with Crippen molar-refractivity contribution in [1.29, 1.82) is 0 Å². The fraction of sp³-hybridized carbons (Fsp3) is 0.250. The van der Waals surface area contributed by atoms with Gasteiger partial charge in [0, 0.05) is 22.5 Å². The van der Waals surface area contributed by atoms with E-state index < -0.39 is 11.9 Å². The monoisotopic (exact) mass is 230 g/mol. The number of carboxylic acids is 2.